The summed E-state index contributed by atoms with van der Waals surface area (Å²) in [5, 5.41) is 10.7. The van der Waals surface area contributed by atoms with Gasteiger partial charge in [-0.25, -0.2) is 0 Å². The number of benzene rings is 1. The number of nitrogens with one attached hydrogen (secondary N) is 1. The fourth-order valence-electron chi connectivity index (χ4n) is 1.60. The van der Waals surface area contributed by atoms with Crippen molar-refractivity contribution in [3.8, 4) is 11.5 Å². The third-order valence-electron chi connectivity index (χ3n) is 2.62. The molecule has 0 aliphatic heterocycles. The number of thioether (sulfide) groups is 1. The van der Waals surface area contributed by atoms with E-state index in [-0.39, 0.29) is 11.7 Å². The number of anilines is 1. The molecule has 0 bridgehead atoms. The minimum absolute atomic E-state index is 0.106. The molecule has 2 amide bonds. The van der Waals surface area contributed by atoms with Crippen molar-refractivity contribution in [1.29, 1.82) is 0 Å². The molecule has 2 rings (SSSR count). The molecule has 10 heteroatoms. The van der Waals surface area contributed by atoms with Gasteiger partial charge in [-0.3, -0.25) is 14.9 Å². The Bertz CT molecular complexity index is 720. The van der Waals surface area contributed by atoms with Crippen LogP contribution >= 0.6 is 23.1 Å². The second kappa shape index (κ2) is 7.79. The Balaban J connectivity index is 2.08. The minimum atomic E-state index is -0.446. The van der Waals surface area contributed by atoms with Gasteiger partial charge in [-0.05, 0) is 12.1 Å². The molecule has 0 aliphatic rings. The highest BCUT2D eigenvalue weighted by Gasteiger charge is 2.16. The van der Waals surface area contributed by atoms with Crippen LogP contribution in [0.5, 0.6) is 11.5 Å². The van der Waals surface area contributed by atoms with Crippen molar-refractivity contribution in [3.63, 3.8) is 0 Å². The van der Waals surface area contributed by atoms with E-state index in [4.69, 9.17) is 15.2 Å². The first-order valence-corrected chi connectivity index (χ1v) is 8.11. The zero-order chi connectivity index (χ0) is 16.8. The Labute approximate surface area is 140 Å². The van der Waals surface area contributed by atoms with Gasteiger partial charge in [0, 0.05) is 6.07 Å². The van der Waals surface area contributed by atoms with Crippen molar-refractivity contribution in [1.82, 2.24) is 10.2 Å². The second-order valence-corrected chi connectivity index (χ2v) is 6.35. The van der Waals surface area contributed by atoms with Gasteiger partial charge in [0.2, 0.25) is 11.0 Å². The molecule has 0 atom stereocenters. The van der Waals surface area contributed by atoms with Crippen LogP contribution < -0.4 is 20.5 Å². The van der Waals surface area contributed by atoms with Gasteiger partial charge in [0.25, 0.3) is 5.91 Å². The van der Waals surface area contributed by atoms with Crippen LogP contribution in [0.4, 0.5) is 5.13 Å². The molecule has 0 aliphatic carbocycles. The highest BCUT2D eigenvalue weighted by Crippen LogP contribution is 2.28. The van der Waals surface area contributed by atoms with E-state index in [0.29, 0.717) is 26.5 Å². The first kappa shape index (κ1) is 17.0. The van der Waals surface area contributed by atoms with E-state index in [1.54, 1.807) is 18.2 Å². The number of primary amides is 1. The summed E-state index contributed by atoms with van der Waals surface area (Å²) in [4.78, 5) is 23.0. The molecule has 1 aromatic heterocycles. The summed E-state index contributed by atoms with van der Waals surface area (Å²) in [5.41, 5.74) is 5.40. The van der Waals surface area contributed by atoms with Crippen molar-refractivity contribution < 1.29 is 19.1 Å². The summed E-state index contributed by atoms with van der Waals surface area (Å²) in [6.07, 6.45) is 0. The Morgan fingerprint density at radius 1 is 1.30 bits per heavy atom. The van der Waals surface area contributed by atoms with E-state index >= 15 is 0 Å². The van der Waals surface area contributed by atoms with Crippen LogP contribution in [0, 0.1) is 0 Å². The van der Waals surface area contributed by atoms with Crippen LogP contribution in [-0.2, 0) is 4.79 Å². The highest BCUT2D eigenvalue weighted by atomic mass is 32.2. The van der Waals surface area contributed by atoms with Crippen molar-refractivity contribution in [2.24, 2.45) is 5.73 Å². The van der Waals surface area contributed by atoms with Crippen LogP contribution in [0.1, 0.15) is 10.4 Å². The second-order valence-electron chi connectivity index (χ2n) is 4.15. The van der Waals surface area contributed by atoms with Gasteiger partial charge in [0.1, 0.15) is 11.5 Å². The zero-order valence-corrected chi connectivity index (χ0v) is 14.0. The maximum absolute atomic E-state index is 12.3. The number of carbonyl (C=O) groups is 2. The number of hydrogen-bond acceptors (Lipinski definition) is 8. The highest BCUT2D eigenvalue weighted by molar-refractivity contribution is 8.01. The molecule has 0 spiro atoms. The Kier molecular flexibility index (Phi) is 5.77. The SMILES string of the molecule is COc1ccc(C(=O)Nc2nnc(SCC(N)=O)s2)c(OC)c1. The lowest BCUT2D eigenvalue weighted by Crippen LogP contribution is -2.13. The van der Waals surface area contributed by atoms with Crippen molar-refractivity contribution in [2.45, 2.75) is 4.34 Å². The van der Waals surface area contributed by atoms with Crippen LogP contribution in [-0.4, -0.2) is 42.0 Å². The monoisotopic (exact) mass is 354 g/mol. The lowest BCUT2D eigenvalue weighted by molar-refractivity contribution is -0.115. The van der Waals surface area contributed by atoms with E-state index in [9.17, 15) is 9.59 Å². The molecule has 23 heavy (non-hydrogen) atoms. The third-order valence-corrected chi connectivity index (χ3v) is 4.61. The van der Waals surface area contributed by atoms with Crippen LogP contribution in [0.3, 0.4) is 0 Å². The van der Waals surface area contributed by atoms with Gasteiger partial charge in [0.15, 0.2) is 4.34 Å². The maximum Gasteiger partial charge on any atom is 0.261 e. The quantitative estimate of drug-likeness (QED) is 0.570. The normalized spacial score (nSPS) is 10.2. The Hall–Kier alpha value is -2.33. The molecule has 122 valence electrons. The number of ether oxygens (including phenoxy) is 2. The van der Waals surface area contributed by atoms with E-state index in [2.05, 4.69) is 15.5 Å². The van der Waals surface area contributed by atoms with E-state index in [0.717, 1.165) is 23.1 Å². The fraction of sp³-hybridized carbons (Fsp3) is 0.231. The van der Waals surface area contributed by atoms with Crippen LogP contribution in [0.2, 0.25) is 0 Å². The summed E-state index contributed by atoms with van der Waals surface area (Å²) < 4.78 is 10.8. The average molecular weight is 354 g/mol. The average Bonchev–Trinajstić information content (AvgIpc) is 2.99. The summed E-state index contributed by atoms with van der Waals surface area (Å²) in [7, 11) is 3.00. The van der Waals surface area contributed by atoms with Gasteiger partial charge >= 0.3 is 0 Å². The predicted octanol–water partition coefficient (Wildman–Crippen LogP) is 1.38. The maximum atomic E-state index is 12.3. The predicted molar refractivity (Wildman–Crippen MR) is 87.3 cm³/mol. The van der Waals surface area contributed by atoms with Gasteiger partial charge in [-0.2, -0.15) is 0 Å². The molecular formula is C13H14N4O4S2. The first-order valence-electron chi connectivity index (χ1n) is 6.31. The molecule has 0 saturated carbocycles. The smallest absolute Gasteiger partial charge is 0.261 e. The van der Waals surface area contributed by atoms with Gasteiger partial charge < -0.3 is 15.2 Å². The standard InChI is InChI=1S/C13H14N4O4S2/c1-20-7-3-4-8(9(5-7)21-2)11(19)15-12-16-17-13(23-12)22-6-10(14)18/h3-5H,6H2,1-2H3,(H2,14,18)(H,15,16,19). The number of carbonyl (C=O) groups excluding carboxylic acids is 2. The van der Waals surface area contributed by atoms with E-state index in [1.165, 1.54) is 14.2 Å². The Morgan fingerprint density at radius 3 is 2.74 bits per heavy atom. The van der Waals surface area contributed by atoms with Crippen molar-refractivity contribution in [2.75, 3.05) is 25.3 Å². The molecule has 1 aromatic carbocycles. The number of hydrogen-bond donors (Lipinski definition) is 2. The molecule has 8 nitrogen and oxygen atoms in total. The van der Waals surface area contributed by atoms with Gasteiger partial charge in [-0.15, -0.1) is 10.2 Å². The zero-order valence-electron chi connectivity index (χ0n) is 12.4. The van der Waals surface area contributed by atoms with Crippen LogP contribution in [0.15, 0.2) is 22.5 Å². The molecule has 0 unspecified atom stereocenters. The number of nitrogens with zero attached hydrogens (tertiary/aromatic N) is 2. The van der Waals surface area contributed by atoms with Crippen LogP contribution in [0.25, 0.3) is 0 Å². The molecule has 1 heterocycles. The molecular weight excluding hydrogens is 340 g/mol. The molecule has 0 saturated heterocycles. The van der Waals surface area contributed by atoms with E-state index in [1.807, 2.05) is 0 Å². The third kappa shape index (κ3) is 4.57. The number of aromatic nitrogens is 2. The van der Waals surface area contributed by atoms with Crippen molar-refractivity contribution in [3.05, 3.63) is 23.8 Å². The lowest BCUT2D eigenvalue weighted by Gasteiger charge is -2.09. The number of methoxy groups -OCH3 is 2. The molecule has 2 aromatic rings. The number of rotatable bonds is 7. The number of amides is 2. The first-order chi connectivity index (χ1) is 11.0. The molecule has 3 N–H and O–H groups in total. The summed E-state index contributed by atoms with van der Waals surface area (Å²) in [6, 6.07) is 4.87. The topological polar surface area (TPSA) is 116 Å². The lowest BCUT2D eigenvalue weighted by atomic mass is 10.2. The van der Waals surface area contributed by atoms with Gasteiger partial charge in [0.05, 0.1) is 25.5 Å². The molecule has 0 fully saturated rings. The van der Waals surface area contributed by atoms with E-state index < -0.39 is 5.91 Å². The fourth-order valence-corrected chi connectivity index (χ4v) is 3.09. The van der Waals surface area contributed by atoms with Crippen molar-refractivity contribution >= 4 is 40.0 Å². The summed E-state index contributed by atoms with van der Waals surface area (Å²) in [5.74, 6) is 0.245. The summed E-state index contributed by atoms with van der Waals surface area (Å²) in [6.45, 7) is 0. The molecule has 0 radical (unpaired) electrons. The Morgan fingerprint density at radius 2 is 2.09 bits per heavy atom. The number of nitrogens with two attached hydrogens (primary N) is 1. The summed E-state index contributed by atoms with van der Waals surface area (Å²) >= 11 is 2.32. The van der Waals surface area contributed by atoms with Gasteiger partial charge in [-0.1, -0.05) is 23.1 Å². The largest absolute Gasteiger partial charge is 0.497 e. The minimum Gasteiger partial charge on any atom is -0.497 e.